The number of hydrogen-bond donors (Lipinski definition) is 4. The highest BCUT2D eigenvalue weighted by atomic mass is 16.6. The van der Waals surface area contributed by atoms with Crippen LogP contribution in [0.25, 0.3) is 0 Å². The minimum absolute atomic E-state index is 0.425. The number of rotatable bonds is 9. The smallest absolute Gasteiger partial charge is 0.115 e. The minimum atomic E-state index is -1.36. The van der Waals surface area contributed by atoms with Crippen LogP contribution in [0.4, 0.5) is 0 Å². The van der Waals surface area contributed by atoms with Crippen LogP contribution >= 0.6 is 0 Å². The first-order valence-corrected chi connectivity index (χ1v) is 8.72. The summed E-state index contributed by atoms with van der Waals surface area (Å²) in [6.45, 7) is 8.01. The molecule has 6 unspecified atom stereocenters. The molecule has 23 heavy (non-hydrogen) atoms. The van der Waals surface area contributed by atoms with E-state index in [9.17, 15) is 20.4 Å². The van der Waals surface area contributed by atoms with Gasteiger partial charge in [-0.2, -0.15) is 0 Å². The van der Waals surface area contributed by atoms with Crippen molar-refractivity contribution in [3.63, 3.8) is 0 Å². The molecular formula is C17H34O6. The van der Waals surface area contributed by atoms with E-state index in [-0.39, 0.29) is 0 Å². The van der Waals surface area contributed by atoms with Gasteiger partial charge in [0.25, 0.3) is 0 Å². The van der Waals surface area contributed by atoms with Gasteiger partial charge in [-0.3, -0.25) is 0 Å². The molecule has 1 fully saturated rings. The molecule has 0 aromatic carbocycles. The lowest BCUT2D eigenvalue weighted by Crippen LogP contribution is -2.64. The number of aliphatic hydroxyl groups is 4. The Hall–Kier alpha value is -0.240. The van der Waals surface area contributed by atoms with E-state index in [1.807, 2.05) is 0 Å². The van der Waals surface area contributed by atoms with E-state index in [0.29, 0.717) is 12.5 Å². The molecule has 6 atom stereocenters. The molecule has 0 radical (unpaired) electrons. The number of unbranched alkanes of at least 4 members (excludes halogenated alkanes) is 1. The summed E-state index contributed by atoms with van der Waals surface area (Å²) in [5.41, 5.74) is -0.840. The summed E-state index contributed by atoms with van der Waals surface area (Å²) in [7, 11) is 0. The second kappa shape index (κ2) is 9.30. The third kappa shape index (κ3) is 5.37. The van der Waals surface area contributed by atoms with Crippen molar-refractivity contribution in [1.82, 2.24) is 0 Å². The maximum Gasteiger partial charge on any atom is 0.115 e. The van der Waals surface area contributed by atoms with Gasteiger partial charge in [-0.1, -0.05) is 33.1 Å². The summed E-state index contributed by atoms with van der Waals surface area (Å²) in [6, 6.07) is 0. The van der Waals surface area contributed by atoms with Crippen molar-refractivity contribution in [3.8, 4) is 0 Å². The Kier molecular flexibility index (Phi) is 8.41. The molecule has 0 amide bonds. The van der Waals surface area contributed by atoms with Gasteiger partial charge in [0, 0.05) is 0 Å². The van der Waals surface area contributed by atoms with Crippen LogP contribution in [0.5, 0.6) is 0 Å². The molecule has 1 rings (SSSR count). The lowest BCUT2D eigenvalue weighted by Gasteiger charge is -2.46. The van der Waals surface area contributed by atoms with Gasteiger partial charge in [-0.25, -0.2) is 0 Å². The predicted molar refractivity (Wildman–Crippen MR) is 87.1 cm³/mol. The number of aliphatic hydroxyl groups excluding tert-OH is 4. The van der Waals surface area contributed by atoms with E-state index in [4.69, 9.17) is 9.47 Å². The molecule has 0 spiro atoms. The summed E-state index contributed by atoms with van der Waals surface area (Å²) < 4.78 is 11.6. The first kappa shape index (κ1) is 20.8. The molecule has 4 N–H and O–H groups in total. The highest BCUT2D eigenvalue weighted by Crippen LogP contribution is 2.31. The fraction of sp³-hybridized carbons (Fsp3) is 1.00. The Morgan fingerprint density at radius 3 is 2.26 bits per heavy atom. The fourth-order valence-electron chi connectivity index (χ4n) is 2.99. The lowest BCUT2D eigenvalue weighted by molar-refractivity contribution is -0.273. The number of ether oxygens (including phenoxy) is 2. The van der Waals surface area contributed by atoms with Gasteiger partial charge in [0.15, 0.2) is 0 Å². The summed E-state index contributed by atoms with van der Waals surface area (Å²) in [5.74, 6) is 0.444. The van der Waals surface area contributed by atoms with E-state index >= 15 is 0 Å². The van der Waals surface area contributed by atoms with Gasteiger partial charge in [-0.15, -0.1) is 0 Å². The molecule has 0 bridgehead atoms. The second-order valence-corrected chi connectivity index (χ2v) is 7.08. The highest BCUT2D eigenvalue weighted by Gasteiger charge is 2.49. The predicted octanol–water partition coefficient (Wildman–Crippen LogP) is 0.840. The molecule has 0 aliphatic carbocycles. The zero-order chi connectivity index (χ0) is 17.6. The summed E-state index contributed by atoms with van der Waals surface area (Å²) >= 11 is 0. The molecule has 6 heteroatoms. The Bertz CT molecular complexity index is 333. The molecule has 1 heterocycles. The van der Waals surface area contributed by atoms with E-state index in [1.165, 1.54) is 0 Å². The van der Waals surface area contributed by atoms with E-state index < -0.39 is 42.7 Å². The summed E-state index contributed by atoms with van der Waals surface area (Å²) in [6.07, 6.45) is -1.27. The fourth-order valence-corrected chi connectivity index (χ4v) is 2.99. The molecule has 0 saturated carbocycles. The maximum absolute atomic E-state index is 10.2. The van der Waals surface area contributed by atoms with Crippen LogP contribution in [-0.4, -0.2) is 69.8 Å². The molecule has 1 aliphatic heterocycles. The Labute approximate surface area is 139 Å². The molecule has 0 aromatic rings. The van der Waals surface area contributed by atoms with Gasteiger partial charge in [-0.05, 0) is 26.2 Å². The third-order valence-electron chi connectivity index (χ3n) is 4.81. The van der Waals surface area contributed by atoms with E-state index in [2.05, 4.69) is 13.8 Å². The SMILES string of the molecule is CCCCC(CC)COC(C)(C)C1OC(CO)C(O)C(O)C1O. The molecule has 1 aliphatic rings. The van der Waals surface area contributed by atoms with Crippen LogP contribution < -0.4 is 0 Å². The van der Waals surface area contributed by atoms with Crippen molar-refractivity contribution in [2.45, 2.75) is 89.5 Å². The first-order chi connectivity index (χ1) is 10.8. The van der Waals surface area contributed by atoms with Crippen molar-refractivity contribution < 1.29 is 29.9 Å². The van der Waals surface area contributed by atoms with Crippen molar-refractivity contribution in [1.29, 1.82) is 0 Å². The van der Waals surface area contributed by atoms with Crippen LogP contribution in [-0.2, 0) is 9.47 Å². The lowest BCUT2D eigenvalue weighted by atomic mass is 9.86. The Morgan fingerprint density at radius 1 is 1.09 bits per heavy atom. The Morgan fingerprint density at radius 2 is 1.74 bits per heavy atom. The van der Waals surface area contributed by atoms with Crippen LogP contribution in [0.15, 0.2) is 0 Å². The minimum Gasteiger partial charge on any atom is -0.394 e. The number of hydrogen-bond acceptors (Lipinski definition) is 6. The Balaban J connectivity index is 2.69. The first-order valence-electron chi connectivity index (χ1n) is 8.72. The zero-order valence-corrected chi connectivity index (χ0v) is 14.8. The summed E-state index contributed by atoms with van der Waals surface area (Å²) in [5, 5.41) is 39.3. The van der Waals surface area contributed by atoms with Gasteiger partial charge >= 0.3 is 0 Å². The van der Waals surface area contributed by atoms with Crippen LogP contribution in [0, 0.1) is 5.92 Å². The topological polar surface area (TPSA) is 99.4 Å². The van der Waals surface area contributed by atoms with Crippen LogP contribution in [0.1, 0.15) is 53.4 Å². The maximum atomic E-state index is 10.2. The van der Waals surface area contributed by atoms with Crippen LogP contribution in [0.2, 0.25) is 0 Å². The van der Waals surface area contributed by atoms with Crippen molar-refractivity contribution >= 4 is 0 Å². The van der Waals surface area contributed by atoms with Crippen molar-refractivity contribution in [3.05, 3.63) is 0 Å². The van der Waals surface area contributed by atoms with Crippen molar-refractivity contribution in [2.24, 2.45) is 5.92 Å². The quantitative estimate of drug-likeness (QED) is 0.499. The molecule has 0 aromatic heterocycles. The summed E-state index contributed by atoms with van der Waals surface area (Å²) in [4.78, 5) is 0. The van der Waals surface area contributed by atoms with Gasteiger partial charge in [0.05, 0.1) is 18.8 Å². The van der Waals surface area contributed by atoms with E-state index in [1.54, 1.807) is 13.8 Å². The molecule has 1 saturated heterocycles. The standard InChI is InChI=1S/C17H34O6/c1-5-7-8-11(6-2)10-22-17(3,4)16-15(21)14(20)13(19)12(9-18)23-16/h11-16,18-21H,5-10H2,1-4H3. The molecule has 138 valence electrons. The van der Waals surface area contributed by atoms with Gasteiger partial charge < -0.3 is 29.9 Å². The molecular weight excluding hydrogens is 300 g/mol. The monoisotopic (exact) mass is 334 g/mol. The normalized spacial score (nSPS) is 33.7. The average molecular weight is 334 g/mol. The van der Waals surface area contributed by atoms with Gasteiger partial charge in [0.2, 0.25) is 0 Å². The van der Waals surface area contributed by atoms with Crippen molar-refractivity contribution in [2.75, 3.05) is 13.2 Å². The largest absolute Gasteiger partial charge is 0.394 e. The van der Waals surface area contributed by atoms with E-state index in [0.717, 1.165) is 25.7 Å². The molecule has 6 nitrogen and oxygen atoms in total. The highest BCUT2D eigenvalue weighted by molar-refractivity contribution is 4.98. The second-order valence-electron chi connectivity index (χ2n) is 7.08. The average Bonchev–Trinajstić information content (AvgIpc) is 2.53. The van der Waals surface area contributed by atoms with Gasteiger partial charge in [0.1, 0.15) is 30.5 Å². The third-order valence-corrected chi connectivity index (χ3v) is 4.81. The zero-order valence-electron chi connectivity index (χ0n) is 14.8. The van der Waals surface area contributed by atoms with Crippen LogP contribution in [0.3, 0.4) is 0 Å².